The fourth-order valence-electron chi connectivity index (χ4n) is 4.20. The van der Waals surface area contributed by atoms with Crippen LogP contribution in [0.3, 0.4) is 0 Å². The van der Waals surface area contributed by atoms with Crippen molar-refractivity contribution in [2.45, 2.75) is 84.2 Å². The van der Waals surface area contributed by atoms with Crippen molar-refractivity contribution in [2.24, 2.45) is 0 Å². The van der Waals surface area contributed by atoms with E-state index < -0.39 is 0 Å². The predicted molar refractivity (Wildman–Crippen MR) is 117 cm³/mol. The van der Waals surface area contributed by atoms with Crippen LogP contribution in [0.5, 0.6) is 5.75 Å². The van der Waals surface area contributed by atoms with E-state index in [2.05, 4.69) is 78.8 Å². The van der Waals surface area contributed by atoms with Crippen LogP contribution in [-0.2, 0) is 22.9 Å². The van der Waals surface area contributed by atoms with Crippen molar-refractivity contribution < 1.29 is 9.53 Å². The van der Waals surface area contributed by atoms with Crippen LogP contribution >= 0.6 is 0 Å². The van der Waals surface area contributed by atoms with Gasteiger partial charge in [-0.25, -0.2) is 0 Å². The minimum Gasteiger partial charge on any atom is -0.489 e. The number of rotatable bonds is 4. The van der Waals surface area contributed by atoms with Crippen LogP contribution in [0.1, 0.15) is 93.9 Å². The highest BCUT2D eigenvalue weighted by Gasteiger charge is 2.39. The molecule has 1 aliphatic carbocycles. The Hall–Kier alpha value is -2.09. The summed E-state index contributed by atoms with van der Waals surface area (Å²) in [5.41, 5.74) is 5.92. The van der Waals surface area contributed by atoms with Crippen LogP contribution in [-0.4, -0.2) is 6.29 Å². The maximum atomic E-state index is 11.6. The zero-order valence-corrected chi connectivity index (χ0v) is 18.5. The number of carbonyl (C=O) groups is 1. The molecular formula is C26H34O2. The molecule has 0 fully saturated rings. The van der Waals surface area contributed by atoms with Crippen molar-refractivity contribution in [3.8, 4) is 5.75 Å². The molecule has 0 aliphatic heterocycles. The number of hydrogen-bond donors (Lipinski definition) is 0. The Morgan fingerprint density at radius 3 is 2.14 bits per heavy atom. The third-order valence-electron chi connectivity index (χ3n) is 6.26. The molecule has 150 valence electrons. The average molecular weight is 379 g/mol. The Morgan fingerprint density at radius 2 is 1.57 bits per heavy atom. The van der Waals surface area contributed by atoms with Crippen LogP contribution in [0.2, 0.25) is 0 Å². The molecule has 1 aliphatic rings. The lowest BCUT2D eigenvalue weighted by Gasteiger charge is -2.42. The van der Waals surface area contributed by atoms with E-state index in [9.17, 15) is 4.79 Å². The molecule has 0 spiro atoms. The molecule has 28 heavy (non-hydrogen) atoms. The van der Waals surface area contributed by atoms with Crippen LogP contribution in [0.4, 0.5) is 0 Å². The molecule has 0 heterocycles. The summed E-state index contributed by atoms with van der Waals surface area (Å²) >= 11 is 0. The van der Waals surface area contributed by atoms with Gasteiger partial charge < -0.3 is 4.74 Å². The van der Waals surface area contributed by atoms with Crippen LogP contribution in [0, 0.1) is 0 Å². The lowest BCUT2D eigenvalue weighted by atomic mass is 9.62. The first-order valence-electron chi connectivity index (χ1n) is 10.3. The predicted octanol–water partition coefficient (Wildman–Crippen LogP) is 6.72. The third kappa shape index (κ3) is 4.01. The number of aldehydes is 1. The van der Waals surface area contributed by atoms with E-state index in [1.54, 1.807) is 0 Å². The minimum atomic E-state index is 0.0394. The lowest BCUT2D eigenvalue weighted by molar-refractivity contribution is 0.112. The van der Waals surface area contributed by atoms with Crippen molar-refractivity contribution in [1.82, 2.24) is 0 Å². The Bertz CT molecular complexity index is 865. The van der Waals surface area contributed by atoms with Gasteiger partial charge in [0.15, 0.2) is 0 Å². The highest BCUT2D eigenvalue weighted by atomic mass is 16.5. The van der Waals surface area contributed by atoms with Crippen molar-refractivity contribution in [1.29, 1.82) is 0 Å². The van der Waals surface area contributed by atoms with Gasteiger partial charge in [-0.05, 0) is 57.9 Å². The van der Waals surface area contributed by atoms with Gasteiger partial charge in [0.05, 0.1) is 0 Å². The van der Waals surface area contributed by atoms with Gasteiger partial charge in [0.2, 0.25) is 0 Å². The molecular weight excluding hydrogens is 344 g/mol. The average Bonchev–Trinajstić information content (AvgIpc) is 2.63. The van der Waals surface area contributed by atoms with Crippen LogP contribution < -0.4 is 4.74 Å². The largest absolute Gasteiger partial charge is 0.489 e. The second-order valence-corrected chi connectivity index (χ2v) is 10.6. The highest BCUT2D eigenvalue weighted by molar-refractivity contribution is 5.77. The molecule has 0 bridgehead atoms. The van der Waals surface area contributed by atoms with E-state index in [4.69, 9.17) is 4.74 Å². The molecule has 2 nitrogen and oxygen atoms in total. The molecule has 0 aromatic heterocycles. The number of carbonyl (C=O) groups excluding carboxylic acids is 1. The van der Waals surface area contributed by atoms with Gasteiger partial charge >= 0.3 is 0 Å². The quantitative estimate of drug-likeness (QED) is 0.552. The van der Waals surface area contributed by atoms with E-state index >= 15 is 0 Å². The van der Waals surface area contributed by atoms with Crippen LogP contribution in [0.15, 0.2) is 36.4 Å². The molecule has 2 heteroatoms. The summed E-state index contributed by atoms with van der Waals surface area (Å²) in [5.74, 6) is 0.859. The second-order valence-electron chi connectivity index (χ2n) is 10.6. The van der Waals surface area contributed by atoms with Crippen molar-refractivity contribution in [3.63, 3.8) is 0 Å². The first-order chi connectivity index (χ1) is 12.9. The van der Waals surface area contributed by atoms with Gasteiger partial charge in [0.25, 0.3) is 0 Å². The zero-order chi connectivity index (χ0) is 20.7. The van der Waals surface area contributed by atoms with Gasteiger partial charge in [0, 0.05) is 11.1 Å². The summed E-state index contributed by atoms with van der Waals surface area (Å²) in [7, 11) is 0. The minimum absolute atomic E-state index is 0.0394. The van der Waals surface area contributed by atoms with Gasteiger partial charge in [-0.1, -0.05) is 72.7 Å². The molecule has 0 unspecified atom stereocenters. The highest BCUT2D eigenvalue weighted by Crippen LogP contribution is 2.49. The summed E-state index contributed by atoms with van der Waals surface area (Å²) in [4.78, 5) is 11.6. The number of ether oxygens (including phenoxy) is 1. The van der Waals surface area contributed by atoms with Crippen LogP contribution in [0.25, 0.3) is 0 Å². The second kappa shape index (κ2) is 7.06. The summed E-state index contributed by atoms with van der Waals surface area (Å²) in [5, 5.41) is 0. The smallest absolute Gasteiger partial charge is 0.150 e. The number of benzene rings is 2. The third-order valence-corrected chi connectivity index (χ3v) is 6.26. The van der Waals surface area contributed by atoms with E-state index in [0.29, 0.717) is 12.2 Å². The first-order valence-corrected chi connectivity index (χ1v) is 10.3. The molecule has 0 radical (unpaired) electrons. The Morgan fingerprint density at radius 1 is 0.964 bits per heavy atom. The monoisotopic (exact) mass is 378 g/mol. The van der Waals surface area contributed by atoms with Crippen molar-refractivity contribution in [3.05, 3.63) is 64.2 Å². The molecule has 2 aromatic carbocycles. The summed E-state index contributed by atoms with van der Waals surface area (Å²) in [6.07, 6.45) is 3.16. The number of hydrogen-bond acceptors (Lipinski definition) is 2. The molecule has 0 N–H and O–H groups in total. The maximum absolute atomic E-state index is 11.6. The summed E-state index contributed by atoms with van der Waals surface area (Å²) in [6.45, 7) is 16.3. The zero-order valence-electron chi connectivity index (χ0n) is 18.5. The Labute approximate surface area is 170 Å². The molecule has 3 rings (SSSR count). The van der Waals surface area contributed by atoms with Gasteiger partial charge in [-0.3, -0.25) is 4.79 Å². The Kier molecular flexibility index (Phi) is 5.20. The fraction of sp³-hybridized carbons (Fsp3) is 0.500. The molecule has 0 amide bonds. The van der Waals surface area contributed by atoms with Gasteiger partial charge in [-0.2, -0.15) is 0 Å². The standard InChI is InChI=1S/C26H34O2/c1-24(2,3)20-10-8-18(9-11-20)17-28-22-15-19(16-27)14-21-23(22)26(6,7)13-12-25(21,4)5/h8-11,14-16H,12-13,17H2,1-7H3. The molecule has 0 saturated carbocycles. The Balaban J connectivity index is 1.95. The SMILES string of the molecule is CC(C)(C)c1ccc(COc2cc(C=O)cc3c2C(C)(C)CCC3(C)C)cc1. The fourth-order valence-corrected chi connectivity index (χ4v) is 4.20. The van der Waals surface area contributed by atoms with E-state index in [1.165, 1.54) is 16.7 Å². The van der Waals surface area contributed by atoms with E-state index in [0.717, 1.165) is 30.4 Å². The first kappa shape index (κ1) is 20.6. The van der Waals surface area contributed by atoms with Gasteiger partial charge in [0.1, 0.15) is 18.6 Å². The lowest BCUT2D eigenvalue weighted by Crippen LogP contribution is -2.34. The summed E-state index contributed by atoms with van der Waals surface area (Å²) < 4.78 is 6.33. The van der Waals surface area contributed by atoms with Gasteiger partial charge in [-0.15, -0.1) is 0 Å². The normalized spacial score (nSPS) is 17.7. The van der Waals surface area contributed by atoms with Crippen molar-refractivity contribution in [2.75, 3.05) is 0 Å². The van der Waals surface area contributed by atoms with E-state index in [-0.39, 0.29) is 16.2 Å². The molecule has 0 atom stereocenters. The van der Waals surface area contributed by atoms with Crippen molar-refractivity contribution >= 4 is 6.29 Å². The molecule has 0 saturated heterocycles. The van der Waals surface area contributed by atoms with E-state index in [1.807, 2.05) is 6.07 Å². The summed E-state index contributed by atoms with van der Waals surface area (Å²) in [6, 6.07) is 12.6. The number of fused-ring (bicyclic) bond motifs is 1. The topological polar surface area (TPSA) is 26.3 Å². The molecule has 2 aromatic rings. The maximum Gasteiger partial charge on any atom is 0.150 e.